The van der Waals surface area contributed by atoms with Crippen molar-refractivity contribution in [2.24, 2.45) is 0 Å². The summed E-state index contributed by atoms with van der Waals surface area (Å²) in [6.45, 7) is 2.96. The van der Waals surface area contributed by atoms with Gasteiger partial charge in [-0.1, -0.05) is 30.3 Å². The summed E-state index contributed by atoms with van der Waals surface area (Å²) in [5.74, 6) is -0.348. The summed E-state index contributed by atoms with van der Waals surface area (Å²) in [5, 5.41) is 5.43. The van der Waals surface area contributed by atoms with Gasteiger partial charge in [0.25, 0.3) is 5.91 Å². The molecule has 0 aromatic heterocycles. The molecule has 2 N–H and O–H groups in total. The summed E-state index contributed by atoms with van der Waals surface area (Å²) >= 11 is 1.48. The summed E-state index contributed by atoms with van der Waals surface area (Å²) in [6, 6.07) is 16.8. The maximum absolute atomic E-state index is 12.5. The fourth-order valence-electron chi connectivity index (χ4n) is 2.29. The van der Waals surface area contributed by atoms with E-state index in [0.29, 0.717) is 24.4 Å². The lowest BCUT2D eigenvalue weighted by atomic mass is 10.1. The molecule has 2 rings (SSSR count). The molecule has 2 aromatic carbocycles. The normalized spacial score (nSPS) is 11.6. The molecule has 2 aromatic rings. The lowest BCUT2D eigenvalue weighted by Gasteiger charge is -2.15. The molecule has 0 saturated carbocycles. The Morgan fingerprint density at radius 3 is 2.50 bits per heavy atom. The summed E-state index contributed by atoms with van der Waals surface area (Å²) in [7, 11) is 1.63. The van der Waals surface area contributed by atoms with E-state index in [-0.39, 0.29) is 17.1 Å². The summed E-state index contributed by atoms with van der Waals surface area (Å²) < 4.78 is 4.97. The van der Waals surface area contributed by atoms with E-state index < -0.39 is 0 Å². The van der Waals surface area contributed by atoms with Crippen LogP contribution in [0.25, 0.3) is 0 Å². The number of amides is 2. The van der Waals surface area contributed by atoms with Crippen molar-refractivity contribution in [3.8, 4) is 0 Å². The standard InChI is InChI=1S/C20H24N2O3S/c1-15(26-16-9-4-3-5-10-16)19(23)22-18-12-7-6-11-17(18)20(24)21-13-8-14-25-2/h3-7,9-12,15H,8,13-14H2,1-2H3,(H,21,24)(H,22,23)/t15-/m0/s1. The van der Waals surface area contributed by atoms with E-state index in [9.17, 15) is 9.59 Å². The SMILES string of the molecule is COCCCNC(=O)c1ccccc1NC(=O)[C@H](C)Sc1ccccc1. The van der Waals surface area contributed by atoms with E-state index in [0.717, 1.165) is 11.3 Å². The number of carbonyl (C=O) groups is 2. The molecule has 0 aliphatic carbocycles. The molecule has 2 amide bonds. The van der Waals surface area contributed by atoms with Gasteiger partial charge < -0.3 is 15.4 Å². The van der Waals surface area contributed by atoms with E-state index in [1.165, 1.54) is 11.8 Å². The molecule has 0 unspecified atom stereocenters. The van der Waals surface area contributed by atoms with Crippen LogP contribution in [-0.4, -0.2) is 37.3 Å². The topological polar surface area (TPSA) is 67.4 Å². The van der Waals surface area contributed by atoms with Crippen molar-refractivity contribution in [3.63, 3.8) is 0 Å². The third kappa shape index (κ3) is 6.20. The lowest BCUT2D eigenvalue weighted by molar-refractivity contribution is -0.115. The van der Waals surface area contributed by atoms with E-state index >= 15 is 0 Å². The molecule has 0 radical (unpaired) electrons. The van der Waals surface area contributed by atoms with Gasteiger partial charge in [0.15, 0.2) is 0 Å². The van der Waals surface area contributed by atoms with Gasteiger partial charge in [-0.25, -0.2) is 0 Å². The molecule has 0 fully saturated rings. The van der Waals surface area contributed by atoms with Crippen LogP contribution in [-0.2, 0) is 9.53 Å². The van der Waals surface area contributed by atoms with Crippen LogP contribution >= 0.6 is 11.8 Å². The van der Waals surface area contributed by atoms with Crippen LogP contribution in [0.4, 0.5) is 5.69 Å². The van der Waals surface area contributed by atoms with E-state index in [1.54, 1.807) is 31.4 Å². The molecule has 5 nitrogen and oxygen atoms in total. The molecular formula is C20H24N2O3S. The molecule has 1 atom stereocenters. The van der Waals surface area contributed by atoms with E-state index in [4.69, 9.17) is 4.74 Å². The summed E-state index contributed by atoms with van der Waals surface area (Å²) in [6.07, 6.45) is 0.738. The number of hydrogen-bond donors (Lipinski definition) is 2. The highest BCUT2D eigenvalue weighted by Gasteiger charge is 2.17. The van der Waals surface area contributed by atoms with Crippen molar-refractivity contribution in [1.29, 1.82) is 0 Å². The average Bonchev–Trinajstić information content (AvgIpc) is 2.66. The second-order valence-corrected chi connectivity index (χ2v) is 7.12. The van der Waals surface area contributed by atoms with Crippen LogP contribution in [0.3, 0.4) is 0 Å². The van der Waals surface area contributed by atoms with Gasteiger partial charge in [0.05, 0.1) is 16.5 Å². The zero-order chi connectivity index (χ0) is 18.8. The molecule has 138 valence electrons. The fourth-order valence-corrected chi connectivity index (χ4v) is 3.18. The first-order valence-electron chi connectivity index (χ1n) is 8.50. The maximum Gasteiger partial charge on any atom is 0.253 e. The number of nitrogens with one attached hydrogen (secondary N) is 2. The van der Waals surface area contributed by atoms with Crippen molar-refractivity contribution >= 4 is 29.3 Å². The Kier molecular flexibility index (Phi) is 8.18. The van der Waals surface area contributed by atoms with Crippen molar-refractivity contribution in [2.45, 2.75) is 23.5 Å². The predicted octanol–water partition coefficient (Wildman–Crippen LogP) is 3.57. The fraction of sp³-hybridized carbons (Fsp3) is 0.300. The highest BCUT2D eigenvalue weighted by atomic mass is 32.2. The Hall–Kier alpha value is -2.31. The Morgan fingerprint density at radius 2 is 1.77 bits per heavy atom. The van der Waals surface area contributed by atoms with Gasteiger partial charge in [-0.2, -0.15) is 0 Å². The molecule has 26 heavy (non-hydrogen) atoms. The Balaban J connectivity index is 1.98. The minimum atomic E-state index is -0.282. The van der Waals surface area contributed by atoms with Crippen LogP contribution in [0.2, 0.25) is 0 Å². The van der Waals surface area contributed by atoms with Gasteiger partial charge in [-0.05, 0) is 37.6 Å². The Labute approximate surface area is 158 Å². The second kappa shape index (κ2) is 10.6. The van der Waals surface area contributed by atoms with Crippen LogP contribution < -0.4 is 10.6 Å². The third-order valence-electron chi connectivity index (χ3n) is 3.67. The summed E-state index contributed by atoms with van der Waals surface area (Å²) in [5.41, 5.74) is 0.970. The molecular weight excluding hydrogens is 348 g/mol. The van der Waals surface area contributed by atoms with E-state index in [2.05, 4.69) is 10.6 Å². The molecule has 0 spiro atoms. The minimum Gasteiger partial charge on any atom is -0.385 e. The Bertz CT molecular complexity index is 722. The largest absolute Gasteiger partial charge is 0.385 e. The highest BCUT2D eigenvalue weighted by molar-refractivity contribution is 8.00. The van der Waals surface area contributed by atoms with Crippen LogP contribution in [0.1, 0.15) is 23.7 Å². The van der Waals surface area contributed by atoms with Gasteiger partial charge in [-0.15, -0.1) is 11.8 Å². The number of anilines is 1. The maximum atomic E-state index is 12.5. The van der Waals surface area contributed by atoms with Crippen molar-refractivity contribution in [1.82, 2.24) is 5.32 Å². The number of hydrogen-bond acceptors (Lipinski definition) is 4. The number of para-hydroxylation sites is 1. The van der Waals surface area contributed by atoms with Gasteiger partial charge in [0.1, 0.15) is 0 Å². The lowest BCUT2D eigenvalue weighted by Crippen LogP contribution is -2.28. The predicted molar refractivity (Wildman–Crippen MR) is 106 cm³/mol. The van der Waals surface area contributed by atoms with Crippen molar-refractivity contribution < 1.29 is 14.3 Å². The number of rotatable bonds is 9. The number of thioether (sulfide) groups is 1. The number of ether oxygens (including phenoxy) is 1. The first-order chi connectivity index (χ1) is 12.6. The summed E-state index contributed by atoms with van der Waals surface area (Å²) in [4.78, 5) is 25.9. The Morgan fingerprint density at radius 1 is 1.08 bits per heavy atom. The monoisotopic (exact) mass is 372 g/mol. The van der Waals surface area contributed by atoms with E-state index in [1.807, 2.05) is 37.3 Å². The quantitative estimate of drug-likeness (QED) is 0.522. The molecule has 0 aliphatic rings. The van der Waals surface area contributed by atoms with Crippen molar-refractivity contribution in [3.05, 3.63) is 60.2 Å². The first-order valence-corrected chi connectivity index (χ1v) is 9.38. The average molecular weight is 372 g/mol. The highest BCUT2D eigenvalue weighted by Crippen LogP contribution is 2.24. The van der Waals surface area contributed by atoms with Crippen LogP contribution in [0.15, 0.2) is 59.5 Å². The van der Waals surface area contributed by atoms with Gasteiger partial charge in [0, 0.05) is 25.2 Å². The van der Waals surface area contributed by atoms with Crippen LogP contribution in [0, 0.1) is 0 Å². The number of methoxy groups -OCH3 is 1. The molecule has 0 aliphatic heterocycles. The number of carbonyl (C=O) groups excluding carboxylic acids is 2. The van der Waals surface area contributed by atoms with Gasteiger partial charge >= 0.3 is 0 Å². The second-order valence-electron chi connectivity index (χ2n) is 5.71. The first kappa shape index (κ1) is 20.0. The smallest absolute Gasteiger partial charge is 0.253 e. The molecule has 0 saturated heterocycles. The number of benzene rings is 2. The molecule has 6 heteroatoms. The molecule has 0 bridgehead atoms. The minimum absolute atomic E-state index is 0.140. The van der Waals surface area contributed by atoms with Crippen molar-refractivity contribution in [2.75, 3.05) is 25.6 Å². The van der Waals surface area contributed by atoms with Gasteiger partial charge in [0.2, 0.25) is 5.91 Å². The van der Waals surface area contributed by atoms with Gasteiger partial charge in [-0.3, -0.25) is 9.59 Å². The van der Waals surface area contributed by atoms with Crippen LogP contribution in [0.5, 0.6) is 0 Å². The zero-order valence-corrected chi connectivity index (χ0v) is 15.8. The molecule has 0 heterocycles. The third-order valence-corrected chi connectivity index (χ3v) is 4.78. The zero-order valence-electron chi connectivity index (χ0n) is 15.0.